The summed E-state index contributed by atoms with van der Waals surface area (Å²) in [5.74, 6) is 0.571. The molecule has 0 aliphatic heterocycles. The minimum absolute atomic E-state index is 0.108. The Morgan fingerprint density at radius 3 is 2.85 bits per heavy atom. The first-order valence-electron chi connectivity index (χ1n) is 4.97. The Balaban J connectivity index is 2.41. The number of hydrogen-bond acceptors (Lipinski definition) is 2. The van der Waals surface area contributed by atoms with Gasteiger partial charge in [-0.2, -0.15) is 0 Å². The quantitative estimate of drug-likeness (QED) is 0.503. The molecule has 0 saturated heterocycles. The van der Waals surface area contributed by atoms with Gasteiger partial charge in [0.05, 0.1) is 0 Å². The predicted molar refractivity (Wildman–Crippen MR) is 51.2 cm³/mol. The molecule has 1 rings (SSSR count). The number of rotatable bonds is 3. The molecule has 13 heavy (non-hydrogen) atoms. The van der Waals surface area contributed by atoms with E-state index < -0.39 is 22.1 Å². The second kappa shape index (κ2) is 6.38. The number of hydrogen-bond donors (Lipinski definition) is 0. The van der Waals surface area contributed by atoms with Crippen molar-refractivity contribution in [3.05, 3.63) is 0 Å². The molecule has 1 aliphatic carbocycles. The summed E-state index contributed by atoms with van der Waals surface area (Å²) in [4.78, 5) is 10.8. The van der Waals surface area contributed by atoms with Crippen LogP contribution in [0.3, 0.4) is 0 Å². The molecule has 0 spiro atoms. The van der Waals surface area contributed by atoms with Gasteiger partial charge in [0.2, 0.25) is 0 Å². The molecule has 1 aliphatic rings. The van der Waals surface area contributed by atoms with Crippen LogP contribution in [0, 0.1) is 5.92 Å². The number of carbonyl (C=O) groups excluding carboxylic acids is 1. The molecule has 4 heteroatoms. The average molecular weight is 436 g/mol. The maximum absolute atomic E-state index is 10.8. The van der Waals surface area contributed by atoms with Crippen molar-refractivity contribution in [3.63, 3.8) is 0 Å². The molecule has 72 valence electrons. The van der Waals surface area contributed by atoms with Crippen LogP contribution in [0.5, 0.6) is 0 Å². The molecule has 0 N–H and O–H groups in total. The molecular formula is C9H15BrHgO2. The predicted octanol–water partition coefficient (Wildman–Crippen LogP) is 2.92. The van der Waals surface area contributed by atoms with Crippen molar-refractivity contribution in [3.8, 4) is 0 Å². The zero-order chi connectivity index (χ0) is 9.68. The molecule has 1 saturated carbocycles. The van der Waals surface area contributed by atoms with E-state index in [1.54, 1.807) is 0 Å². The zero-order valence-electron chi connectivity index (χ0n) is 8.09. The van der Waals surface area contributed by atoms with Gasteiger partial charge in [0.15, 0.2) is 0 Å². The van der Waals surface area contributed by atoms with Crippen molar-refractivity contribution >= 4 is 17.9 Å². The van der Waals surface area contributed by atoms with Gasteiger partial charge in [0.1, 0.15) is 0 Å². The second-order valence-electron chi connectivity index (χ2n) is 3.67. The van der Waals surface area contributed by atoms with Gasteiger partial charge >= 0.3 is 98.1 Å². The molecule has 0 radical (unpaired) electrons. The van der Waals surface area contributed by atoms with Crippen LogP contribution in [-0.4, -0.2) is 12.1 Å². The number of carbonyl (C=O) groups is 1. The summed E-state index contributed by atoms with van der Waals surface area (Å²) in [6, 6.07) is 0. The summed E-state index contributed by atoms with van der Waals surface area (Å²) in [6.45, 7) is 1.52. The Kier molecular flexibility index (Phi) is 5.87. The topological polar surface area (TPSA) is 26.3 Å². The Morgan fingerprint density at radius 2 is 2.23 bits per heavy atom. The normalized spacial score (nSPS) is 27.8. The monoisotopic (exact) mass is 436 g/mol. The molecule has 0 aromatic carbocycles. The minimum atomic E-state index is -0.726. The van der Waals surface area contributed by atoms with Crippen LogP contribution in [0.4, 0.5) is 0 Å². The third kappa shape index (κ3) is 4.28. The van der Waals surface area contributed by atoms with Crippen molar-refractivity contribution < 1.29 is 31.7 Å². The third-order valence-electron chi connectivity index (χ3n) is 2.64. The SMILES string of the molecule is CC(=O)O[C@@H]1CCCC[C@@H]1[CH2][Hg][Br]. The summed E-state index contributed by atoms with van der Waals surface area (Å²) >= 11 is 2.93. The fourth-order valence-electron chi connectivity index (χ4n) is 2.01. The van der Waals surface area contributed by atoms with Crippen LogP contribution < -0.4 is 0 Å². The van der Waals surface area contributed by atoms with Crippen molar-refractivity contribution in [2.45, 2.75) is 42.6 Å². The van der Waals surface area contributed by atoms with Crippen molar-refractivity contribution in [1.29, 1.82) is 0 Å². The van der Waals surface area contributed by atoms with E-state index >= 15 is 0 Å². The van der Waals surface area contributed by atoms with Crippen LogP contribution in [0.25, 0.3) is 0 Å². The van der Waals surface area contributed by atoms with Gasteiger partial charge in [-0.3, -0.25) is 0 Å². The number of esters is 1. The fourth-order valence-corrected chi connectivity index (χ4v) is 10.8. The standard InChI is InChI=1S/C9H15O2.BrH.Hg/c1-7-5-3-4-6-9(7)11-8(2)10;;/h7,9H,1,3-6H2,2H3;1H;/q;;+1/p-1/t7-,9+;;/m0../s1. The molecule has 2 nitrogen and oxygen atoms in total. The van der Waals surface area contributed by atoms with E-state index in [0.29, 0.717) is 5.92 Å². The molecule has 0 aromatic heterocycles. The van der Waals surface area contributed by atoms with Gasteiger partial charge in [-0.05, 0) is 0 Å². The Labute approximate surface area is 97.5 Å². The van der Waals surface area contributed by atoms with Gasteiger partial charge in [-0.1, -0.05) is 0 Å². The average Bonchev–Trinajstić information content (AvgIpc) is 2.08. The van der Waals surface area contributed by atoms with Gasteiger partial charge < -0.3 is 0 Å². The molecule has 0 heterocycles. The molecule has 0 amide bonds. The van der Waals surface area contributed by atoms with E-state index in [0.717, 1.165) is 6.42 Å². The van der Waals surface area contributed by atoms with E-state index in [4.69, 9.17) is 4.74 Å². The zero-order valence-corrected chi connectivity index (χ0v) is 15.2. The first-order chi connectivity index (χ1) is 6.24. The summed E-state index contributed by atoms with van der Waals surface area (Å²) in [7, 11) is 0. The fraction of sp³-hybridized carbons (Fsp3) is 0.889. The number of halogens is 1. The van der Waals surface area contributed by atoms with Crippen molar-refractivity contribution in [2.24, 2.45) is 5.92 Å². The molecule has 0 unspecified atom stereocenters. The van der Waals surface area contributed by atoms with E-state index in [2.05, 4.69) is 11.9 Å². The van der Waals surface area contributed by atoms with Gasteiger partial charge in [0.25, 0.3) is 0 Å². The number of ether oxygens (including phenoxy) is 1. The second-order valence-corrected chi connectivity index (χ2v) is 14.3. The Bertz CT molecular complexity index is 173. The Hall–Kier alpha value is 0.885. The molecular weight excluding hydrogens is 421 g/mol. The molecule has 2 atom stereocenters. The summed E-state index contributed by atoms with van der Waals surface area (Å²) < 4.78 is 6.68. The molecule has 1 fully saturated rings. The van der Waals surface area contributed by atoms with Crippen molar-refractivity contribution in [1.82, 2.24) is 0 Å². The van der Waals surface area contributed by atoms with Crippen LogP contribution in [-0.2, 0) is 31.7 Å². The van der Waals surface area contributed by atoms with Gasteiger partial charge in [0, 0.05) is 0 Å². The molecule has 0 bridgehead atoms. The van der Waals surface area contributed by atoms with Crippen LogP contribution in [0.2, 0.25) is 3.93 Å². The van der Waals surface area contributed by atoms with Crippen LogP contribution in [0.15, 0.2) is 0 Å². The summed E-state index contributed by atoms with van der Waals surface area (Å²) in [5.41, 5.74) is 0. The van der Waals surface area contributed by atoms with Crippen LogP contribution >= 0.6 is 11.9 Å². The van der Waals surface area contributed by atoms with E-state index in [9.17, 15) is 4.79 Å². The third-order valence-corrected chi connectivity index (χ3v) is 10.4. The van der Waals surface area contributed by atoms with E-state index in [-0.39, 0.29) is 12.1 Å². The molecule has 0 aromatic rings. The maximum atomic E-state index is 10.8. The van der Waals surface area contributed by atoms with Gasteiger partial charge in [-0.25, -0.2) is 0 Å². The first-order valence-corrected chi connectivity index (χ1v) is 20.8. The van der Waals surface area contributed by atoms with E-state index in [1.807, 2.05) is 0 Å². The van der Waals surface area contributed by atoms with Crippen molar-refractivity contribution in [2.75, 3.05) is 0 Å². The van der Waals surface area contributed by atoms with Gasteiger partial charge in [-0.15, -0.1) is 0 Å². The van der Waals surface area contributed by atoms with Crippen LogP contribution in [0.1, 0.15) is 32.6 Å². The first kappa shape index (κ1) is 12.0. The summed E-state index contributed by atoms with van der Waals surface area (Å²) in [5, 5.41) is 0. The summed E-state index contributed by atoms with van der Waals surface area (Å²) in [6.07, 6.45) is 5.15. The van der Waals surface area contributed by atoms with E-state index in [1.165, 1.54) is 30.1 Å². The Morgan fingerprint density at radius 1 is 1.54 bits per heavy atom.